The number of nitrogens with zero attached hydrogens (tertiary/aromatic N) is 1. The van der Waals surface area contributed by atoms with Gasteiger partial charge in [-0.25, -0.2) is 0 Å². The summed E-state index contributed by atoms with van der Waals surface area (Å²) in [5.74, 6) is 0. The second kappa shape index (κ2) is 6.39. The van der Waals surface area contributed by atoms with Crippen LogP contribution in [-0.2, 0) is 6.42 Å². The van der Waals surface area contributed by atoms with E-state index in [0.29, 0.717) is 6.04 Å². The summed E-state index contributed by atoms with van der Waals surface area (Å²) in [7, 11) is 2.20. The van der Waals surface area contributed by atoms with Gasteiger partial charge in [0.25, 0.3) is 0 Å². The quantitative estimate of drug-likeness (QED) is 0.867. The van der Waals surface area contributed by atoms with Crippen LogP contribution in [-0.4, -0.2) is 37.6 Å². The fourth-order valence-corrected chi connectivity index (χ4v) is 2.48. The first-order chi connectivity index (χ1) is 8.24. The van der Waals surface area contributed by atoms with Crippen molar-refractivity contribution < 1.29 is 0 Å². The van der Waals surface area contributed by atoms with Crippen LogP contribution in [0.5, 0.6) is 0 Å². The first kappa shape index (κ1) is 12.9. The van der Waals surface area contributed by atoms with Crippen molar-refractivity contribution in [2.24, 2.45) is 0 Å². The van der Waals surface area contributed by atoms with E-state index in [1.54, 1.807) is 0 Å². The summed E-state index contributed by atoms with van der Waals surface area (Å²) in [6.07, 6.45) is 3.75. The number of nitrogens with one attached hydrogen (secondary N) is 1. The lowest BCUT2D eigenvalue weighted by Crippen LogP contribution is -2.36. The zero-order chi connectivity index (χ0) is 12.1. The summed E-state index contributed by atoms with van der Waals surface area (Å²) in [6, 6.07) is 8.86. The standard InChI is InChI=1S/C14H21ClN2/c1-17(11-14-3-2-9-16-14)10-8-12-4-6-13(15)7-5-12/h4-7,14,16H,2-3,8-11H2,1H3. The Kier molecular flexibility index (Phi) is 4.84. The van der Waals surface area contributed by atoms with Crippen LogP contribution in [0.4, 0.5) is 0 Å². The van der Waals surface area contributed by atoms with Gasteiger partial charge in [-0.15, -0.1) is 0 Å². The summed E-state index contributed by atoms with van der Waals surface area (Å²) in [4.78, 5) is 2.41. The highest BCUT2D eigenvalue weighted by atomic mass is 35.5. The Hall–Kier alpha value is -0.570. The van der Waals surface area contributed by atoms with Gasteiger partial charge in [0.1, 0.15) is 0 Å². The Morgan fingerprint density at radius 1 is 1.35 bits per heavy atom. The molecule has 1 aromatic rings. The van der Waals surface area contributed by atoms with E-state index in [2.05, 4.69) is 29.4 Å². The smallest absolute Gasteiger partial charge is 0.0406 e. The number of hydrogen-bond acceptors (Lipinski definition) is 2. The molecule has 17 heavy (non-hydrogen) atoms. The lowest BCUT2D eigenvalue weighted by molar-refractivity contribution is 0.304. The molecule has 1 unspecified atom stereocenters. The first-order valence-electron chi connectivity index (χ1n) is 6.40. The van der Waals surface area contributed by atoms with Crippen LogP contribution in [0.3, 0.4) is 0 Å². The van der Waals surface area contributed by atoms with Crippen LogP contribution < -0.4 is 5.32 Å². The molecule has 1 aliphatic rings. The number of likely N-dealkylation sites (N-methyl/N-ethyl adjacent to an activating group) is 1. The molecule has 94 valence electrons. The Morgan fingerprint density at radius 3 is 2.76 bits per heavy atom. The van der Waals surface area contributed by atoms with Crippen molar-refractivity contribution in [2.75, 3.05) is 26.7 Å². The van der Waals surface area contributed by atoms with Crippen molar-refractivity contribution in [3.63, 3.8) is 0 Å². The summed E-state index contributed by atoms with van der Waals surface area (Å²) in [5.41, 5.74) is 1.36. The molecule has 1 heterocycles. The van der Waals surface area contributed by atoms with E-state index >= 15 is 0 Å². The molecule has 0 bridgehead atoms. The molecule has 0 aliphatic carbocycles. The molecule has 1 aromatic carbocycles. The van der Waals surface area contributed by atoms with Gasteiger partial charge in [0.2, 0.25) is 0 Å². The van der Waals surface area contributed by atoms with Crippen molar-refractivity contribution in [3.05, 3.63) is 34.9 Å². The van der Waals surface area contributed by atoms with E-state index in [9.17, 15) is 0 Å². The molecule has 2 nitrogen and oxygen atoms in total. The van der Waals surface area contributed by atoms with E-state index in [1.165, 1.54) is 24.9 Å². The predicted octanol–water partition coefficient (Wildman–Crippen LogP) is 2.57. The second-order valence-electron chi connectivity index (χ2n) is 4.93. The maximum atomic E-state index is 5.87. The summed E-state index contributed by atoms with van der Waals surface area (Å²) >= 11 is 5.87. The molecule has 0 aromatic heterocycles. The summed E-state index contributed by atoms with van der Waals surface area (Å²) in [5, 5.41) is 4.35. The SMILES string of the molecule is CN(CCc1ccc(Cl)cc1)CC1CCCN1. The number of rotatable bonds is 5. The molecule has 1 fully saturated rings. The average molecular weight is 253 g/mol. The van der Waals surface area contributed by atoms with Crippen LogP contribution in [0.15, 0.2) is 24.3 Å². The van der Waals surface area contributed by atoms with Gasteiger partial charge in [-0.3, -0.25) is 0 Å². The van der Waals surface area contributed by atoms with Crippen LogP contribution in [0.25, 0.3) is 0 Å². The van der Waals surface area contributed by atoms with E-state index in [1.807, 2.05) is 12.1 Å². The third kappa shape index (κ3) is 4.30. The average Bonchev–Trinajstić information content (AvgIpc) is 2.81. The predicted molar refractivity (Wildman–Crippen MR) is 73.7 cm³/mol. The Bertz CT molecular complexity index is 331. The van der Waals surface area contributed by atoms with Gasteiger partial charge < -0.3 is 10.2 Å². The maximum absolute atomic E-state index is 5.87. The lowest BCUT2D eigenvalue weighted by Gasteiger charge is -2.20. The van der Waals surface area contributed by atoms with Gasteiger partial charge in [0.15, 0.2) is 0 Å². The molecule has 0 saturated carbocycles. The third-order valence-electron chi connectivity index (χ3n) is 3.39. The zero-order valence-corrected chi connectivity index (χ0v) is 11.2. The zero-order valence-electron chi connectivity index (χ0n) is 10.5. The van der Waals surface area contributed by atoms with Gasteiger partial charge in [0.05, 0.1) is 0 Å². The van der Waals surface area contributed by atoms with Gasteiger partial charge in [-0.1, -0.05) is 23.7 Å². The summed E-state index contributed by atoms with van der Waals surface area (Å²) < 4.78 is 0. The van der Waals surface area contributed by atoms with E-state index < -0.39 is 0 Å². The molecule has 0 radical (unpaired) electrons. The molecule has 1 saturated heterocycles. The second-order valence-corrected chi connectivity index (χ2v) is 5.37. The molecule has 2 rings (SSSR count). The molecule has 1 N–H and O–H groups in total. The normalized spacial score (nSPS) is 20.1. The van der Waals surface area contributed by atoms with Gasteiger partial charge in [-0.05, 0) is 50.6 Å². The van der Waals surface area contributed by atoms with Crippen molar-refractivity contribution in [1.82, 2.24) is 10.2 Å². The fraction of sp³-hybridized carbons (Fsp3) is 0.571. The fourth-order valence-electron chi connectivity index (χ4n) is 2.35. The monoisotopic (exact) mass is 252 g/mol. The Morgan fingerprint density at radius 2 is 2.12 bits per heavy atom. The van der Waals surface area contributed by atoms with Crippen molar-refractivity contribution in [1.29, 1.82) is 0 Å². The minimum absolute atomic E-state index is 0.699. The minimum atomic E-state index is 0.699. The summed E-state index contributed by atoms with van der Waals surface area (Å²) in [6.45, 7) is 3.46. The molecule has 1 aliphatic heterocycles. The van der Waals surface area contributed by atoms with Crippen molar-refractivity contribution in [2.45, 2.75) is 25.3 Å². The molecule has 3 heteroatoms. The highest BCUT2D eigenvalue weighted by Crippen LogP contribution is 2.11. The number of benzene rings is 1. The third-order valence-corrected chi connectivity index (χ3v) is 3.64. The molecule has 0 amide bonds. The minimum Gasteiger partial charge on any atom is -0.313 e. The van der Waals surface area contributed by atoms with Gasteiger partial charge in [0, 0.05) is 24.2 Å². The number of halogens is 1. The highest BCUT2D eigenvalue weighted by molar-refractivity contribution is 6.30. The Balaban J connectivity index is 1.71. The highest BCUT2D eigenvalue weighted by Gasteiger charge is 2.15. The van der Waals surface area contributed by atoms with E-state index in [0.717, 1.165) is 24.5 Å². The van der Waals surface area contributed by atoms with Gasteiger partial charge in [-0.2, -0.15) is 0 Å². The number of hydrogen-bond donors (Lipinski definition) is 1. The van der Waals surface area contributed by atoms with Gasteiger partial charge >= 0.3 is 0 Å². The largest absolute Gasteiger partial charge is 0.313 e. The van der Waals surface area contributed by atoms with Crippen LogP contribution in [0.1, 0.15) is 18.4 Å². The molecular formula is C14H21ClN2. The molecule has 0 spiro atoms. The van der Waals surface area contributed by atoms with Crippen molar-refractivity contribution in [3.8, 4) is 0 Å². The lowest BCUT2D eigenvalue weighted by atomic mass is 10.1. The van der Waals surface area contributed by atoms with Crippen LogP contribution >= 0.6 is 11.6 Å². The molecular weight excluding hydrogens is 232 g/mol. The van der Waals surface area contributed by atoms with E-state index in [-0.39, 0.29) is 0 Å². The van der Waals surface area contributed by atoms with Crippen LogP contribution in [0.2, 0.25) is 5.02 Å². The van der Waals surface area contributed by atoms with E-state index in [4.69, 9.17) is 11.6 Å². The molecule has 1 atom stereocenters. The Labute approximate surface area is 109 Å². The maximum Gasteiger partial charge on any atom is 0.0406 e. The first-order valence-corrected chi connectivity index (χ1v) is 6.78. The van der Waals surface area contributed by atoms with Crippen LogP contribution in [0, 0.1) is 0 Å². The van der Waals surface area contributed by atoms with Crippen molar-refractivity contribution >= 4 is 11.6 Å². The topological polar surface area (TPSA) is 15.3 Å².